The Morgan fingerprint density at radius 2 is 1.67 bits per heavy atom. The Labute approximate surface area is 111 Å². The van der Waals surface area contributed by atoms with Crippen molar-refractivity contribution in [3.8, 4) is 11.3 Å². The van der Waals surface area contributed by atoms with Gasteiger partial charge in [0.1, 0.15) is 7.05 Å². The molecule has 0 unspecified atom stereocenters. The van der Waals surface area contributed by atoms with Gasteiger partial charge in [-0.25, -0.2) is 4.57 Å². The van der Waals surface area contributed by atoms with Gasteiger partial charge in [0, 0.05) is 17.7 Å². The predicted molar refractivity (Wildman–Crippen MR) is 80.8 cm³/mol. The highest BCUT2D eigenvalue weighted by atomic mass is 28.3. The van der Waals surface area contributed by atoms with E-state index in [0.29, 0.717) is 0 Å². The van der Waals surface area contributed by atoms with Crippen molar-refractivity contribution in [3.05, 3.63) is 48.2 Å². The van der Waals surface area contributed by atoms with E-state index in [4.69, 9.17) is 0 Å². The van der Waals surface area contributed by atoms with Gasteiger partial charge in [-0.3, -0.25) is 0 Å². The first-order chi connectivity index (χ1) is 8.39. The zero-order valence-corrected chi connectivity index (χ0v) is 13.0. The summed E-state index contributed by atoms with van der Waals surface area (Å²) in [5.41, 5.74) is 3.98. The fourth-order valence-corrected chi connectivity index (χ4v) is 3.31. The van der Waals surface area contributed by atoms with Crippen LogP contribution in [0.4, 0.5) is 0 Å². The first-order valence-electron chi connectivity index (χ1n) is 6.46. The SMILES string of the molecule is Cc1ccccc1-c1cc([Si](C)(C)C)cc[n+]1C. The standard InChI is InChI=1S/C16H22NSi/c1-13-8-6-7-9-15(13)16-12-14(18(3,4)5)10-11-17(16)2/h6-12H,1-5H3/q+1. The molecule has 0 saturated heterocycles. The van der Waals surface area contributed by atoms with Gasteiger partial charge in [-0.05, 0) is 23.7 Å². The molecule has 2 heteroatoms. The molecule has 2 aromatic rings. The third-order valence-corrected chi connectivity index (χ3v) is 5.48. The maximum absolute atomic E-state index is 2.39. The Morgan fingerprint density at radius 1 is 1.00 bits per heavy atom. The number of benzene rings is 1. The summed E-state index contributed by atoms with van der Waals surface area (Å²) in [6.45, 7) is 9.36. The monoisotopic (exact) mass is 256 g/mol. The van der Waals surface area contributed by atoms with Crippen LogP contribution in [0.25, 0.3) is 11.3 Å². The van der Waals surface area contributed by atoms with Crippen LogP contribution in [0.1, 0.15) is 5.56 Å². The van der Waals surface area contributed by atoms with Gasteiger partial charge in [0.2, 0.25) is 5.69 Å². The van der Waals surface area contributed by atoms with Crippen molar-refractivity contribution < 1.29 is 4.57 Å². The van der Waals surface area contributed by atoms with E-state index < -0.39 is 8.07 Å². The lowest BCUT2D eigenvalue weighted by Gasteiger charge is -2.16. The smallest absolute Gasteiger partial charge is 0.201 e. The molecule has 0 amide bonds. The molecule has 18 heavy (non-hydrogen) atoms. The summed E-state index contributed by atoms with van der Waals surface area (Å²) in [6.07, 6.45) is 2.19. The molecule has 0 saturated carbocycles. The number of pyridine rings is 1. The van der Waals surface area contributed by atoms with E-state index in [1.165, 1.54) is 22.0 Å². The van der Waals surface area contributed by atoms with Crippen molar-refractivity contribution in [3.63, 3.8) is 0 Å². The van der Waals surface area contributed by atoms with Gasteiger partial charge < -0.3 is 0 Å². The van der Waals surface area contributed by atoms with Crippen LogP contribution in [-0.2, 0) is 7.05 Å². The number of rotatable bonds is 2. The summed E-state index contributed by atoms with van der Waals surface area (Å²) in [6, 6.07) is 13.2. The van der Waals surface area contributed by atoms with Crippen molar-refractivity contribution in [1.29, 1.82) is 0 Å². The highest BCUT2D eigenvalue weighted by Crippen LogP contribution is 2.19. The minimum atomic E-state index is -1.25. The van der Waals surface area contributed by atoms with E-state index in [1.807, 2.05) is 0 Å². The second-order valence-corrected chi connectivity index (χ2v) is 11.1. The van der Waals surface area contributed by atoms with Gasteiger partial charge in [-0.1, -0.05) is 37.8 Å². The van der Waals surface area contributed by atoms with Crippen molar-refractivity contribution in [2.75, 3.05) is 0 Å². The largest absolute Gasteiger partial charge is 0.212 e. The van der Waals surface area contributed by atoms with Gasteiger partial charge >= 0.3 is 0 Å². The third kappa shape index (κ3) is 2.54. The number of nitrogens with zero attached hydrogens (tertiary/aromatic N) is 1. The molecular weight excluding hydrogens is 234 g/mol. The Kier molecular flexibility index (Phi) is 3.40. The number of aromatic nitrogens is 1. The highest BCUT2D eigenvalue weighted by Gasteiger charge is 2.21. The second kappa shape index (κ2) is 4.69. The van der Waals surface area contributed by atoms with Gasteiger partial charge in [-0.15, -0.1) is 0 Å². The van der Waals surface area contributed by atoms with E-state index in [-0.39, 0.29) is 0 Å². The quantitative estimate of drug-likeness (QED) is 0.574. The summed E-state index contributed by atoms with van der Waals surface area (Å²) in [7, 11) is 0.870. The zero-order valence-electron chi connectivity index (χ0n) is 12.0. The minimum Gasteiger partial charge on any atom is -0.201 e. The molecule has 94 valence electrons. The normalized spacial score (nSPS) is 11.6. The second-order valence-electron chi connectivity index (χ2n) is 5.98. The summed E-state index contributed by atoms with van der Waals surface area (Å²) in [5.74, 6) is 0. The van der Waals surface area contributed by atoms with Crippen LogP contribution in [0.5, 0.6) is 0 Å². The van der Waals surface area contributed by atoms with E-state index in [0.717, 1.165) is 0 Å². The van der Waals surface area contributed by atoms with Crippen LogP contribution in [0.15, 0.2) is 42.6 Å². The molecular formula is C16H22NSi+. The van der Waals surface area contributed by atoms with Crippen LogP contribution >= 0.6 is 0 Å². The van der Waals surface area contributed by atoms with Gasteiger partial charge in [0.05, 0.1) is 8.07 Å². The highest BCUT2D eigenvalue weighted by molar-refractivity contribution is 6.88. The molecule has 0 fully saturated rings. The molecule has 1 nitrogen and oxygen atoms in total. The van der Waals surface area contributed by atoms with E-state index >= 15 is 0 Å². The molecule has 0 N–H and O–H groups in total. The molecule has 0 aliphatic rings. The van der Waals surface area contributed by atoms with E-state index in [9.17, 15) is 0 Å². The zero-order chi connectivity index (χ0) is 13.3. The molecule has 0 aliphatic carbocycles. The van der Waals surface area contributed by atoms with E-state index in [2.05, 4.69) is 80.8 Å². The molecule has 0 spiro atoms. The van der Waals surface area contributed by atoms with E-state index in [1.54, 1.807) is 0 Å². The van der Waals surface area contributed by atoms with Gasteiger partial charge in [0.25, 0.3) is 0 Å². The molecule has 2 rings (SSSR count). The van der Waals surface area contributed by atoms with Crippen LogP contribution in [0, 0.1) is 6.92 Å². The maximum Gasteiger partial charge on any atom is 0.212 e. The van der Waals surface area contributed by atoms with Crippen molar-refractivity contribution in [1.82, 2.24) is 0 Å². The fourth-order valence-electron chi connectivity index (χ4n) is 2.16. The summed E-state index contributed by atoms with van der Waals surface area (Å²) in [5, 5.41) is 1.51. The summed E-state index contributed by atoms with van der Waals surface area (Å²) >= 11 is 0. The molecule has 1 aromatic carbocycles. The maximum atomic E-state index is 2.39. The molecule has 0 atom stereocenters. The average Bonchev–Trinajstić information content (AvgIpc) is 2.29. The summed E-state index contributed by atoms with van der Waals surface area (Å²) in [4.78, 5) is 0. The van der Waals surface area contributed by atoms with Crippen LogP contribution < -0.4 is 9.75 Å². The minimum absolute atomic E-state index is 1.25. The first kappa shape index (κ1) is 13.0. The number of hydrogen-bond donors (Lipinski definition) is 0. The van der Waals surface area contributed by atoms with Crippen molar-refractivity contribution in [2.45, 2.75) is 26.6 Å². The Hall–Kier alpha value is -1.41. The Bertz CT molecular complexity index is 568. The predicted octanol–water partition coefficient (Wildman–Crippen LogP) is 3.03. The lowest BCUT2D eigenvalue weighted by Crippen LogP contribution is -2.42. The van der Waals surface area contributed by atoms with Crippen LogP contribution in [0.3, 0.4) is 0 Å². The lowest BCUT2D eigenvalue weighted by molar-refractivity contribution is -0.660. The Morgan fingerprint density at radius 3 is 2.28 bits per heavy atom. The summed E-state index contributed by atoms with van der Waals surface area (Å²) < 4.78 is 2.21. The van der Waals surface area contributed by atoms with Crippen LogP contribution in [-0.4, -0.2) is 8.07 Å². The first-order valence-corrected chi connectivity index (χ1v) is 9.96. The number of aryl methyl sites for hydroxylation is 2. The molecule has 0 radical (unpaired) electrons. The van der Waals surface area contributed by atoms with Gasteiger partial charge in [-0.2, -0.15) is 0 Å². The van der Waals surface area contributed by atoms with Crippen molar-refractivity contribution >= 4 is 13.3 Å². The third-order valence-electron chi connectivity index (χ3n) is 3.44. The molecule has 1 heterocycles. The molecule has 1 aromatic heterocycles. The van der Waals surface area contributed by atoms with Crippen molar-refractivity contribution in [2.24, 2.45) is 7.05 Å². The van der Waals surface area contributed by atoms with Crippen LogP contribution in [0.2, 0.25) is 19.6 Å². The Balaban J connectivity index is 2.61. The number of hydrogen-bond acceptors (Lipinski definition) is 0. The topological polar surface area (TPSA) is 3.88 Å². The molecule has 0 bridgehead atoms. The van der Waals surface area contributed by atoms with Gasteiger partial charge in [0.15, 0.2) is 6.20 Å². The lowest BCUT2D eigenvalue weighted by atomic mass is 10.1. The fraction of sp³-hybridized carbons (Fsp3) is 0.312. The molecule has 0 aliphatic heterocycles. The average molecular weight is 256 g/mol.